The predicted molar refractivity (Wildman–Crippen MR) is 130 cm³/mol. The Morgan fingerprint density at radius 3 is 2.23 bits per heavy atom. The van der Waals surface area contributed by atoms with Crippen LogP contribution in [-0.4, -0.2) is 54.2 Å². The fourth-order valence-corrected chi connectivity index (χ4v) is 3.18. The van der Waals surface area contributed by atoms with Crippen LogP contribution < -0.4 is 16.4 Å². The van der Waals surface area contributed by atoms with Gasteiger partial charge in [0.1, 0.15) is 12.9 Å². The molecule has 2 aromatic carbocycles. The second kappa shape index (κ2) is 14.8. The third-order valence-corrected chi connectivity index (χ3v) is 5.05. The Balaban J connectivity index is 1.69. The Morgan fingerprint density at radius 1 is 1.00 bits per heavy atom. The Kier molecular flexibility index (Phi) is 11.5. The number of hydrogen-bond donors (Lipinski definition) is 4. The number of aryl methyl sites for hydroxylation is 1. The third kappa shape index (κ3) is 10.5. The average molecular weight is 482 g/mol. The standard InChI is InChI=1S/C25H31N5O5/c26-24(27)30(25(34)35-18-20-10-5-2-6-11-20)15-7-12-21(17-31)29-23(33)16-28-22(32)14-13-19-8-3-1-4-9-19/h1-6,8-11,17,21H,7,12-16,18H2,(H3,26,27)(H,28,32)(H,29,33)/t21-/m0/s1. The molecule has 0 aliphatic rings. The zero-order valence-corrected chi connectivity index (χ0v) is 19.4. The number of carbonyl (C=O) groups is 4. The highest BCUT2D eigenvalue weighted by atomic mass is 16.6. The van der Waals surface area contributed by atoms with Gasteiger partial charge >= 0.3 is 6.09 Å². The minimum Gasteiger partial charge on any atom is -0.444 e. The maximum Gasteiger partial charge on any atom is 0.416 e. The normalized spacial score (nSPS) is 11.1. The first-order valence-corrected chi connectivity index (χ1v) is 11.3. The zero-order valence-electron chi connectivity index (χ0n) is 19.4. The van der Waals surface area contributed by atoms with E-state index in [1.807, 2.05) is 48.5 Å². The molecule has 10 heteroatoms. The smallest absolute Gasteiger partial charge is 0.416 e. The highest BCUT2D eigenvalue weighted by Crippen LogP contribution is 2.06. The molecule has 0 aromatic heterocycles. The molecular weight excluding hydrogens is 450 g/mol. The maximum atomic E-state index is 12.3. The Morgan fingerprint density at radius 2 is 1.63 bits per heavy atom. The van der Waals surface area contributed by atoms with Crippen LogP contribution in [0.1, 0.15) is 30.4 Å². The Labute approximate surface area is 204 Å². The van der Waals surface area contributed by atoms with Gasteiger partial charge in [0, 0.05) is 13.0 Å². The molecule has 2 aromatic rings. The lowest BCUT2D eigenvalue weighted by molar-refractivity contribution is -0.127. The molecule has 5 N–H and O–H groups in total. The lowest BCUT2D eigenvalue weighted by atomic mass is 10.1. The minimum atomic E-state index is -0.808. The molecule has 10 nitrogen and oxygen atoms in total. The number of nitrogens with two attached hydrogens (primary N) is 1. The van der Waals surface area contributed by atoms with E-state index in [4.69, 9.17) is 15.9 Å². The van der Waals surface area contributed by atoms with Gasteiger partial charge in [-0.15, -0.1) is 0 Å². The molecule has 1 atom stereocenters. The first-order valence-electron chi connectivity index (χ1n) is 11.3. The molecule has 2 rings (SSSR count). The number of amides is 3. The fourth-order valence-electron chi connectivity index (χ4n) is 3.18. The van der Waals surface area contributed by atoms with Crippen LogP contribution in [-0.2, 0) is 32.1 Å². The van der Waals surface area contributed by atoms with E-state index < -0.39 is 24.0 Å². The number of nitrogens with zero attached hydrogens (tertiary/aromatic N) is 1. The van der Waals surface area contributed by atoms with E-state index in [2.05, 4.69) is 10.6 Å². The summed E-state index contributed by atoms with van der Waals surface area (Å²) in [5.74, 6) is -1.24. The van der Waals surface area contributed by atoms with E-state index in [0.717, 1.165) is 16.0 Å². The van der Waals surface area contributed by atoms with Crippen molar-refractivity contribution >= 4 is 30.2 Å². The second-order valence-corrected chi connectivity index (χ2v) is 7.79. The summed E-state index contributed by atoms with van der Waals surface area (Å²) >= 11 is 0. The average Bonchev–Trinajstić information content (AvgIpc) is 2.87. The molecule has 35 heavy (non-hydrogen) atoms. The highest BCUT2D eigenvalue weighted by molar-refractivity contribution is 5.91. The van der Waals surface area contributed by atoms with Crippen molar-refractivity contribution in [3.8, 4) is 0 Å². The van der Waals surface area contributed by atoms with Gasteiger partial charge in [0.05, 0.1) is 12.6 Å². The van der Waals surface area contributed by atoms with Crippen molar-refractivity contribution in [2.24, 2.45) is 5.73 Å². The van der Waals surface area contributed by atoms with Gasteiger partial charge in [-0.25, -0.2) is 9.69 Å². The number of benzene rings is 2. The van der Waals surface area contributed by atoms with Gasteiger partial charge in [0.25, 0.3) is 0 Å². The summed E-state index contributed by atoms with van der Waals surface area (Å²) < 4.78 is 5.19. The summed E-state index contributed by atoms with van der Waals surface area (Å²) in [6, 6.07) is 17.8. The number of hydrogen-bond acceptors (Lipinski definition) is 6. The number of nitrogens with one attached hydrogen (secondary N) is 3. The van der Waals surface area contributed by atoms with Gasteiger partial charge in [0.15, 0.2) is 5.96 Å². The molecule has 0 saturated carbocycles. The fraction of sp³-hybridized carbons (Fsp3) is 0.320. The SMILES string of the molecule is N=C(N)N(CCC[C@@H](C=O)NC(=O)CNC(=O)CCc1ccccc1)C(=O)OCc1ccccc1. The number of guanidine groups is 1. The van der Waals surface area contributed by atoms with E-state index in [0.29, 0.717) is 12.7 Å². The van der Waals surface area contributed by atoms with Crippen LogP contribution in [0.5, 0.6) is 0 Å². The summed E-state index contributed by atoms with van der Waals surface area (Å²) in [6.45, 7) is -0.170. The summed E-state index contributed by atoms with van der Waals surface area (Å²) in [5.41, 5.74) is 7.31. The topological polar surface area (TPSA) is 155 Å². The van der Waals surface area contributed by atoms with E-state index in [9.17, 15) is 19.2 Å². The predicted octanol–water partition coefficient (Wildman–Crippen LogP) is 1.73. The van der Waals surface area contributed by atoms with Crippen molar-refractivity contribution in [1.29, 1.82) is 5.41 Å². The number of carbonyl (C=O) groups excluding carboxylic acids is 4. The molecule has 186 valence electrons. The molecule has 0 spiro atoms. The molecule has 0 aliphatic heterocycles. The van der Waals surface area contributed by atoms with Crippen LogP contribution in [0.4, 0.5) is 4.79 Å². The van der Waals surface area contributed by atoms with Crippen LogP contribution in [0.2, 0.25) is 0 Å². The first kappa shape index (κ1) is 27.0. The van der Waals surface area contributed by atoms with Crippen molar-refractivity contribution in [2.45, 2.75) is 38.3 Å². The molecule has 0 bridgehead atoms. The van der Waals surface area contributed by atoms with Crippen molar-refractivity contribution in [1.82, 2.24) is 15.5 Å². The highest BCUT2D eigenvalue weighted by Gasteiger charge is 2.19. The first-order chi connectivity index (χ1) is 16.9. The number of aldehydes is 1. The molecule has 0 radical (unpaired) electrons. The van der Waals surface area contributed by atoms with Crippen LogP contribution in [0.25, 0.3) is 0 Å². The molecule has 0 fully saturated rings. The lowest BCUT2D eigenvalue weighted by Crippen LogP contribution is -2.44. The van der Waals surface area contributed by atoms with Gasteiger partial charge < -0.3 is 25.9 Å². The largest absolute Gasteiger partial charge is 0.444 e. The molecular formula is C25H31N5O5. The maximum absolute atomic E-state index is 12.3. The lowest BCUT2D eigenvalue weighted by Gasteiger charge is -2.21. The van der Waals surface area contributed by atoms with Gasteiger partial charge in [-0.2, -0.15) is 0 Å². The summed E-state index contributed by atoms with van der Waals surface area (Å²) in [4.78, 5) is 48.7. The van der Waals surface area contributed by atoms with E-state index in [-0.39, 0.29) is 44.9 Å². The van der Waals surface area contributed by atoms with Gasteiger partial charge in [-0.1, -0.05) is 60.7 Å². The number of rotatable bonds is 13. The van der Waals surface area contributed by atoms with Crippen LogP contribution in [0, 0.1) is 5.41 Å². The van der Waals surface area contributed by atoms with Crippen LogP contribution >= 0.6 is 0 Å². The summed E-state index contributed by atoms with van der Waals surface area (Å²) in [7, 11) is 0. The van der Waals surface area contributed by atoms with E-state index in [1.165, 1.54) is 0 Å². The van der Waals surface area contributed by atoms with Crippen molar-refractivity contribution < 1.29 is 23.9 Å². The zero-order chi connectivity index (χ0) is 25.5. The number of ether oxygens (including phenoxy) is 1. The quantitative estimate of drug-likeness (QED) is 0.194. The minimum absolute atomic E-state index is 0.0353. The van der Waals surface area contributed by atoms with E-state index in [1.54, 1.807) is 12.1 Å². The van der Waals surface area contributed by atoms with Crippen molar-refractivity contribution in [3.63, 3.8) is 0 Å². The molecule has 0 aliphatic carbocycles. The Bertz CT molecular complexity index is 984. The molecule has 3 amide bonds. The van der Waals surface area contributed by atoms with Gasteiger partial charge in [-0.05, 0) is 30.4 Å². The third-order valence-electron chi connectivity index (χ3n) is 5.05. The van der Waals surface area contributed by atoms with Crippen LogP contribution in [0.3, 0.4) is 0 Å². The summed E-state index contributed by atoms with van der Waals surface area (Å²) in [5, 5.41) is 12.7. The van der Waals surface area contributed by atoms with Crippen molar-refractivity contribution in [2.75, 3.05) is 13.1 Å². The second-order valence-electron chi connectivity index (χ2n) is 7.79. The van der Waals surface area contributed by atoms with Gasteiger partial charge in [-0.3, -0.25) is 15.0 Å². The molecule has 0 heterocycles. The monoisotopic (exact) mass is 481 g/mol. The van der Waals surface area contributed by atoms with Crippen molar-refractivity contribution in [3.05, 3.63) is 71.8 Å². The van der Waals surface area contributed by atoms with Gasteiger partial charge in [0.2, 0.25) is 11.8 Å². The Hall–Kier alpha value is -4.21. The molecule has 0 saturated heterocycles. The van der Waals surface area contributed by atoms with Crippen LogP contribution in [0.15, 0.2) is 60.7 Å². The summed E-state index contributed by atoms with van der Waals surface area (Å²) in [6.07, 6.45) is 1.12. The van der Waals surface area contributed by atoms with E-state index >= 15 is 0 Å². The molecule has 0 unspecified atom stereocenters.